The number of rotatable bonds is 7. The van der Waals surface area contributed by atoms with E-state index < -0.39 is 18.0 Å². The Morgan fingerprint density at radius 3 is 2.89 bits per heavy atom. The number of halogens is 1. The molecule has 9 heteroatoms. The topological polar surface area (TPSA) is 101 Å². The Morgan fingerprint density at radius 2 is 2.37 bits per heavy atom. The third kappa shape index (κ3) is 5.99. The van der Waals surface area contributed by atoms with E-state index in [1.165, 1.54) is 18.4 Å². The highest BCUT2D eigenvalue weighted by Gasteiger charge is 2.19. The Labute approximate surface area is 122 Å². The van der Waals surface area contributed by atoms with Crippen molar-refractivity contribution in [1.82, 2.24) is 10.3 Å². The van der Waals surface area contributed by atoms with Crippen molar-refractivity contribution >= 4 is 44.4 Å². The maximum atomic E-state index is 11.6. The lowest BCUT2D eigenvalue weighted by Crippen LogP contribution is -2.43. The predicted molar refractivity (Wildman–Crippen MR) is 74.5 cm³/mol. The second-order valence-corrected chi connectivity index (χ2v) is 6.00. The summed E-state index contributed by atoms with van der Waals surface area (Å²) in [7, 11) is 1.54. The van der Waals surface area contributed by atoms with Gasteiger partial charge in [0.25, 0.3) is 0 Å². The van der Waals surface area contributed by atoms with Gasteiger partial charge in [-0.05, 0) is 28.8 Å². The molecule has 1 aromatic rings. The van der Waals surface area contributed by atoms with Crippen LogP contribution in [0.2, 0.25) is 0 Å². The van der Waals surface area contributed by atoms with Gasteiger partial charge in [0.15, 0.2) is 5.13 Å². The number of aliphatic carboxylic acids is 1. The molecular weight excluding hydrogens is 338 g/mol. The number of hydrogen-bond donors (Lipinski definition) is 3. The summed E-state index contributed by atoms with van der Waals surface area (Å²) in [5.74, 6) is -1.08. The van der Waals surface area contributed by atoms with Gasteiger partial charge in [0, 0.05) is 13.7 Å². The molecule has 0 bridgehead atoms. The zero-order valence-electron chi connectivity index (χ0n) is 10.2. The highest BCUT2D eigenvalue weighted by atomic mass is 79.9. The molecule has 3 N–H and O–H groups in total. The number of urea groups is 1. The summed E-state index contributed by atoms with van der Waals surface area (Å²) in [6.07, 6.45) is 2.41. The molecule has 0 fully saturated rings. The Kier molecular flexibility index (Phi) is 6.74. The molecule has 1 rings (SSSR count). The normalized spacial score (nSPS) is 11.9. The first kappa shape index (κ1) is 15.9. The number of ether oxygens (including phenoxy) is 1. The van der Waals surface area contributed by atoms with Crippen LogP contribution < -0.4 is 10.6 Å². The van der Waals surface area contributed by atoms with Crippen LogP contribution >= 0.6 is 27.3 Å². The van der Waals surface area contributed by atoms with E-state index in [-0.39, 0.29) is 0 Å². The van der Waals surface area contributed by atoms with Crippen molar-refractivity contribution < 1.29 is 19.4 Å². The van der Waals surface area contributed by atoms with Gasteiger partial charge in [0.1, 0.15) is 6.04 Å². The van der Waals surface area contributed by atoms with Gasteiger partial charge in [-0.2, -0.15) is 0 Å². The minimum Gasteiger partial charge on any atom is -0.480 e. The van der Waals surface area contributed by atoms with Gasteiger partial charge in [-0.3, -0.25) is 5.32 Å². The van der Waals surface area contributed by atoms with Gasteiger partial charge in [-0.15, -0.1) is 0 Å². The van der Waals surface area contributed by atoms with Crippen LogP contribution in [0.3, 0.4) is 0 Å². The maximum Gasteiger partial charge on any atom is 0.326 e. The maximum absolute atomic E-state index is 11.6. The second-order valence-electron chi connectivity index (χ2n) is 3.59. The van der Waals surface area contributed by atoms with Crippen LogP contribution in [0.1, 0.15) is 12.8 Å². The number of amides is 2. The first-order chi connectivity index (χ1) is 9.02. The summed E-state index contributed by atoms with van der Waals surface area (Å²) in [5.41, 5.74) is 0. The largest absolute Gasteiger partial charge is 0.480 e. The average molecular weight is 352 g/mol. The highest BCUT2D eigenvalue weighted by molar-refractivity contribution is 9.11. The Balaban J connectivity index is 2.44. The van der Waals surface area contributed by atoms with Gasteiger partial charge < -0.3 is 15.2 Å². The van der Waals surface area contributed by atoms with Crippen molar-refractivity contribution in [3.8, 4) is 0 Å². The number of carbonyl (C=O) groups excluding carboxylic acids is 1. The average Bonchev–Trinajstić information content (AvgIpc) is 2.73. The molecule has 1 unspecified atom stereocenters. The number of carboxylic acids is 1. The molecular formula is C10H14BrN3O4S. The lowest BCUT2D eigenvalue weighted by molar-refractivity contribution is -0.139. The molecule has 0 saturated heterocycles. The molecule has 0 aliphatic rings. The summed E-state index contributed by atoms with van der Waals surface area (Å²) >= 11 is 4.45. The van der Waals surface area contributed by atoms with Crippen LogP contribution in [0.15, 0.2) is 9.98 Å². The minimum atomic E-state index is -1.08. The van der Waals surface area contributed by atoms with E-state index in [0.717, 1.165) is 3.79 Å². The molecule has 0 radical (unpaired) electrons. The lowest BCUT2D eigenvalue weighted by Gasteiger charge is -2.14. The molecule has 2 amide bonds. The Bertz CT molecular complexity index is 440. The number of methoxy groups -OCH3 is 1. The standard InChI is InChI=1S/C10H14BrN3O4S/c1-18-4-2-3-6(8(15)16)13-9(17)14-10-12-5-7(11)19-10/h5-6H,2-4H2,1H3,(H,15,16)(H2,12,13,14,17). The molecule has 7 nitrogen and oxygen atoms in total. The van der Waals surface area contributed by atoms with E-state index >= 15 is 0 Å². The molecule has 106 valence electrons. The van der Waals surface area contributed by atoms with Crippen molar-refractivity contribution in [3.05, 3.63) is 9.98 Å². The quantitative estimate of drug-likeness (QED) is 0.651. The van der Waals surface area contributed by atoms with E-state index in [1.807, 2.05) is 0 Å². The molecule has 0 aliphatic carbocycles. The molecule has 1 heterocycles. The number of nitrogens with one attached hydrogen (secondary N) is 2. The summed E-state index contributed by atoms with van der Waals surface area (Å²) in [5, 5.41) is 14.2. The number of carboxylic acid groups (broad SMARTS) is 1. The molecule has 1 atom stereocenters. The second kappa shape index (κ2) is 8.08. The molecule has 0 aromatic carbocycles. The third-order valence-corrected chi connectivity index (χ3v) is 3.53. The number of thiazole rings is 1. The van der Waals surface area contributed by atoms with E-state index in [4.69, 9.17) is 9.84 Å². The number of carbonyl (C=O) groups is 2. The van der Waals surface area contributed by atoms with Gasteiger partial charge in [0.2, 0.25) is 0 Å². The van der Waals surface area contributed by atoms with Gasteiger partial charge in [-0.25, -0.2) is 14.6 Å². The monoisotopic (exact) mass is 351 g/mol. The van der Waals surface area contributed by atoms with E-state index in [9.17, 15) is 9.59 Å². The van der Waals surface area contributed by atoms with Gasteiger partial charge in [-0.1, -0.05) is 11.3 Å². The van der Waals surface area contributed by atoms with Crippen molar-refractivity contribution in [2.75, 3.05) is 19.0 Å². The van der Waals surface area contributed by atoms with E-state index in [1.54, 1.807) is 6.20 Å². The lowest BCUT2D eigenvalue weighted by atomic mass is 10.1. The zero-order chi connectivity index (χ0) is 14.3. The van der Waals surface area contributed by atoms with Gasteiger partial charge >= 0.3 is 12.0 Å². The number of aromatic nitrogens is 1. The predicted octanol–water partition coefficient (Wildman–Crippen LogP) is 1.91. The van der Waals surface area contributed by atoms with Crippen LogP contribution in [0.5, 0.6) is 0 Å². The van der Waals surface area contributed by atoms with Crippen LogP contribution in [0, 0.1) is 0 Å². The fourth-order valence-corrected chi connectivity index (χ4v) is 2.39. The van der Waals surface area contributed by atoms with Crippen molar-refractivity contribution in [1.29, 1.82) is 0 Å². The van der Waals surface area contributed by atoms with Crippen molar-refractivity contribution in [2.45, 2.75) is 18.9 Å². The number of hydrogen-bond acceptors (Lipinski definition) is 5. The summed E-state index contributed by atoms with van der Waals surface area (Å²) in [6, 6.07) is -1.54. The van der Waals surface area contributed by atoms with E-state index in [2.05, 4.69) is 31.5 Å². The van der Waals surface area contributed by atoms with Crippen molar-refractivity contribution in [3.63, 3.8) is 0 Å². The first-order valence-corrected chi connectivity index (χ1v) is 7.04. The van der Waals surface area contributed by atoms with Crippen molar-refractivity contribution in [2.24, 2.45) is 0 Å². The number of anilines is 1. The Hall–Kier alpha value is -1.19. The van der Waals surface area contributed by atoms with Crippen LogP contribution in [-0.2, 0) is 9.53 Å². The molecule has 19 heavy (non-hydrogen) atoms. The smallest absolute Gasteiger partial charge is 0.326 e. The first-order valence-electron chi connectivity index (χ1n) is 5.43. The molecule has 0 spiro atoms. The molecule has 0 saturated carbocycles. The molecule has 0 aliphatic heterocycles. The summed E-state index contributed by atoms with van der Waals surface area (Å²) in [6.45, 7) is 0.451. The SMILES string of the molecule is COCCCC(NC(=O)Nc1ncc(Br)s1)C(=O)O. The van der Waals surface area contributed by atoms with Crippen LogP contribution in [0.4, 0.5) is 9.93 Å². The summed E-state index contributed by atoms with van der Waals surface area (Å²) < 4.78 is 5.62. The fraction of sp³-hybridized carbons (Fsp3) is 0.500. The minimum absolute atomic E-state index is 0.304. The van der Waals surface area contributed by atoms with Gasteiger partial charge in [0.05, 0.1) is 9.98 Å². The summed E-state index contributed by atoms with van der Waals surface area (Å²) in [4.78, 5) is 26.5. The van der Waals surface area contributed by atoms with Crippen LogP contribution in [-0.4, -0.2) is 41.8 Å². The third-order valence-electron chi connectivity index (χ3n) is 2.14. The van der Waals surface area contributed by atoms with E-state index in [0.29, 0.717) is 24.6 Å². The zero-order valence-corrected chi connectivity index (χ0v) is 12.6. The highest BCUT2D eigenvalue weighted by Crippen LogP contribution is 2.22. The molecule has 1 aromatic heterocycles. The fourth-order valence-electron chi connectivity index (χ4n) is 1.29. The Morgan fingerprint density at radius 1 is 1.63 bits per heavy atom. The van der Waals surface area contributed by atoms with Crippen LogP contribution in [0.25, 0.3) is 0 Å². The number of nitrogens with zero attached hydrogens (tertiary/aromatic N) is 1.